The van der Waals surface area contributed by atoms with E-state index >= 15 is 0 Å². The summed E-state index contributed by atoms with van der Waals surface area (Å²) in [5.74, 6) is 0.0990. The lowest BCUT2D eigenvalue weighted by Gasteiger charge is -2.40. The predicted octanol–water partition coefficient (Wildman–Crippen LogP) is 6.54. The first kappa shape index (κ1) is 24.6. The molecule has 1 aliphatic heterocycles. The predicted molar refractivity (Wildman–Crippen MR) is 154 cm³/mol. The Kier molecular flexibility index (Phi) is 6.85. The maximum atomic E-state index is 13.3. The number of carbonyl (C=O) groups is 2. The van der Waals surface area contributed by atoms with Crippen molar-refractivity contribution in [2.75, 3.05) is 10.6 Å². The number of para-hydroxylation sites is 2. The molecule has 2 aromatic heterocycles. The van der Waals surface area contributed by atoms with Crippen molar-refractivity contribution in [3.63, 3.8) is 0 Å². The van der Waals surface area contributed by atoms with Crippen molar-refractivity contribution in [2.45, 2.75) is 57.5 Å². The molecular formula is C31H32N4O2S. The minimum atomic E-state index is -0.336. The fourth-order valence-electron chi connectivity index (χ4n) is 6.01. The van der Waals surface area contributed by atoms with Crippen molar-refractivity contribution in [2.24, 2.45) is 5.41 Å². The minimum absolute atomic E-state index is 0.0425. The van der Waals surface area contributed by atoms with Crippen LogP contribution < -0.4 is 16.0 Å². The van der Waals surface area contributed by atoms with Crippen LogP contribution in [0.15, 0.2) is 72.2 Å². The highest BCUT2D eigenvalue weighted by molar-refractivity contribution is 7.12. The molecule has 0 radical (unpaired) electrons. The highest BCUT2D eigenvalue weighted by Gasteiger charge is 2.42. The number of pyridine rings is 1. The van der Waals surface area contributed by atoms with Crippen LogP contribution >= 0.6 is 11.3 Å². The van der Waals surface area contributed by atoms with Gasteiger partial charge in [-0.1, -0.05) is 36.4 Å². The minimum Gasteiger partial charge on any atom is -0.380 e. The van der Waals surface area contributed by atoms with Gasteiger partial charge in [-0.15, -0.1) is 11.3 Å². The van der Waals surface area contributed by atoms with E-state index < -0.39 is 0 Å². The standard InChI is InChI=1S/C31H32N4O2S/c36-29(28-27(14-19-38-28)33-20-22-13-18-32-26-10-4-2-8-24(22)26)34-23-11-16-31(17-12-23)15-5-7-21-6-1-3-9-25(21)35-30(31)37/h1-4,6,8-10,13-14,18-19,23,33H,5,7,11-12,15-17,20H2,(H,34,36)(H,35,37). The Morgan fingerprint density at radius 1 is 1.03 bits per heavy atom. The van der Waals surface area contributed by atoms with E-state index in [9.17, 15) is 9.59 Å². The Labute approximate surface area is 226 Å². The molecule has 7 heteroatoms. The molecule has 1 fully saturated rings. The lowest BCUT2D eigenvalue weighted by Crippen LogP contribution is -2.45. The van der Waals surface area contributed by atoms with Crippen molar-refractivity contribution in [3.8, 4) is 0 Å². The Bertz CT molecular complexity index is 1470. The van der Waals surface area contributed by atoms with Crippen molar-refractivity contribution in [1.29, 1.82) is 0 Å². The van der Waals surface area contributed by atoms with Crippen LogP contribution in [0.1, 0.15) is 59.3 Å². The zero-order chi connectivity index (χ0) is 26.0. The van der Waals surface area contributed by atoms with E-state index in [0.29, 0.717) is 11.4 Å². The number of fused-ring (bicyclic) bond motifs is 2. The molecule has 0 atom stereocenters. The molecule has 6 nitrogen and oxygen atoms in total. The van der Waals surface area contributed by atoms with Crippen LogP contribution in [0.3, 0.4) is 0 Å². The quantitative estimate of drug-likeness (QED) is 0.277. The third-order valence-corrected chi connectivity index (χ3v) is 9.12. The van der Waals surface area contributed by atoms with Gasteiger partial charge in [0.1, 0.15) is 4.88 Å². The van der Waals surface area contributed by atoms with Gasteiger partial charge in [0.05, 0.1) is 11.2 Å². The van der Waals surface area contributed by atoms with Crippen LogP contribution in [0.2, 0.25) is 0 Å². The molecule has 0 unspecified atom stereocenters. The number of nitrogens with one attached hydrogen (secondary N) is 3. The number of amides is 2. The van der Waals surface area contributed by atoms with E-state index in [1.54, 1.807) is 0 Å². The monoisotopic (exact) mass is 524 g/mol. The summed E-state index contributed by atoms with van der Waals surface area (Å²) in [7, 11) is 0. The van der Waals surface area contributed by atoms with Crippen LogP contribution in [0.4, 0.5) is 11.4 Å². The van der Waals surface area contributed by atoms with E-state index in [0.717, 1.165) is 72.8 Å². The number of aryl methyl sites for hydroxylation is 1. The van der Waals surface area contributed by atoms with Gasteiger partial charge in [-0.3, -0.25) is 14.6 Å². The average molecular weight is 525 g/mol. The Morgan fingerprint density at radius 3 is 2.74 bits per heavy atom. The molecule has 38 heavy (non-hydrogen) atoms. The van der Waals surface area contributed by atoms with Crippen LogP contribution in [-0.4, -0.2) is 22.8 Å². The number of hydrogen-bond acceptors (Lipinski definition) is 5. The summed E-state index contributed by atoms with van der Waals surface area (Å²) in [5, 5.41) is 13.0. The van der Waals surface area contributed by atoms with Gasteiger partial charge in [-0.2, -0.15) is 0 Å². The zero-order valence-electron chi connectivity index (χ0n) is 21.3. The van der Waals surface area contributed by atoms with Crippen LogP contribution in [-0.2, 0) is 17.8 Å². The number of carbonyl (C=O) groups excluding carboxylic acids is 2. The molecule has 2 aromatic carbocycles. The topological polar surface area (TPSA) is 83.1 Å². The molecule has 2 amide bonds. The third kappa shape index (κ3) is 4.90. The number of benzene rings is 2. The van der Waals surface area contributed by atoms with Crippen LogP contribution in [0.5, 0.6) is 0 Å². The lowest BCUT2D eigenvalue weighted by atomic mass is 9.68. The summed E-state index contributed by atoms with van der Waals surface area (Å²) in [6, 6.07) is 20.3. The maximum Gasteiger partial charge on any atom is 0.263 e. The first-order valence-electron chi connectivity index (χ1n) is 13.5. The molecule has 1 saturated carbocycles. The molecule has 1 aliphatic carbocycles. The first-order chi connectivity index (χ1) is 18.6. The van der Waals surface area contributed by atoms with E-state index in [4.69, 9.17) is 0 Å². The van der Waals surface area contributed by atoms with Gasteiger partial charge in [0.15, 0.2) is 0 Å². The largest absolute Gasteiger partial charge is 0.380 e. The fourth-order valence-corrected chi connectivity index (χ4v) is 6.79. The van der Waals surface area contributed by atoms with Gasteiger partial charge < -0.3 is 16.0 Å². The molecule has 0 bridgehead atoms. The molecule has 194 valence electrons. The van der Waals surface area contributed by atoms with Gasteiger partial charge in [-0.25, -0.2) is 0 Å². The summed E-state index contributed by atoms with van der Waals surface area (Å²) in [6.07, 6.45) is 7.96. The van der Waals surface area contributed by atoms with Gasteiger partial charge in [0, 0.05) is 35.3 Å². The zero-order valence-corrected chi connectivity index (χ0v) is 22.2. The molecule has 1 spiro atoms. The van der Waals surface area contributed by atoms with Crippen molar-refractivity contribution >= 4 is 45.4 Å². The van der Waals surface area contributed by atoms with Gasteiger partial charge in [0.25, 0.3) is 5.91 Å². The van der Waals surface area contributed by atoms with Crippen molar-refractivity contribution in [1.82, 2.24) is 10.3 Å². The molecule has 6 rings (SSSR count). The van der Waals surface area contributed by atoms with E-state index in [1.807, 2.05) is 60.1 Å². The highest BCUT2D eigenvalue weighted by atomic mass is 32.1. The first-order valence-corrected chi connectivity index (χ1v) is 14.3. The summed E-state index contributed by atoms with van der Waals surface area (Å²) < 4.78 is 0. The second-order valence-corrected chi connectivity index (χ2v) is 11.4. The normalized spacial score (nSPS) is 21.3. The van der Waals surface area contributed by atoms with E-state index in [1.165, 1.54) is 16.9 Å². The Balaban J connectivity index is 1.07. The number of thiophene rings is 1. The summed E-state index contributed by atoms with van der Waals surface area (Å²) in [5.41, 5.74) is 4.79. The Morgan fingerprint density at radius 2 is 1.84 bits per heavy atom. The molecule has 3 N–H and O–H groups in total. The smallest absolute Gasteiger partial charge is 0.263 e. The number of aromatic nitrogens is 1. The van der Waals surface area contributed by atoms with E-state index in [-0.39, 0.29) is 23.3 Å². The SMILES string of the molecule is O=C(NC1CCC2(CCCc3ccccc3NC2=O)CC1)c1sccc1NCc1ccnc2ccccc12. The summed E-state index contributed by atoms with van der Waals surface area (Å²) in [6.45, 7) is 0.615. The van der Waals surface area contributed by atoms with Crippen molar-refractivity contribution < 1.29 is 9.59 Å². The van der Waals surface area contributed by atoms with Crippen LogP contribution in [0, 0.1) is 5.41 Å². The fraction of sp³-hybridized carbons (Fsp3) is 0.323. The molecule has 0 saturated heterocycles. The second-order valence-electron chi connectivity index (χ2n) is 10.5. The highest BCUT2D eigenvalue weighted by Crippen LogP contribution is 2.43. The van der Waals surface area contributed by atoms with Gasteiger partial charge >= 0.3 is 0 Å². The summed E-state index contributed by atoms with van der Waals surface area (Å²) >= 11 is 1.45. The number of nitrogens with zero attached hydrogens (tertiary/aromatic N) is 1. The number of rotatable bonds is 5. The molecular weight excluding hydrogens is 492 g/mol. The van der Waals surface area contributed by atoms with Crippen LogP contribution in [0.25, 0.3) is 10.9 Å². The van der Waals surface area contributed by atoms with Gasteiger partial charge in [-0.05, 0) is 85.7 Å². The maximum absolute atomic E-state index is 13.3. The lowest BCUT2D eigenvalue weighted by molar-refractivity contribution is -0.128. The van der Waals surface area contributed by atoms with Crippen molar-refractivity contribution in [3.05, 3.63) is 88.2 Å². The third-order valence-electron chi connectivity index (χ3n) is 8.21. The molecule has 3 heterocycles. The second kappa shape index (κ2) is 10.6. The average Bonchev–Trinajstić information content (AvgIpc) is 3.42. The Hall–Kier alpha value is -3.71. The number of hydrogen-bond donors (Lipinski definition) is 3. The van der Waals surface area contributed by atoms with E-state index in [2.05, 4.69) is 33.1 Å². The molecule has 4 aromatic rings. The summed E-state index contributed by atoms with van der Waals surface area (Å²) in [4.78, 5) is 31.7. The molecule has 2 aliphatic rings. The van der Waals surface area contributed by atoms with Gasteiger partial charge in [0.2, 0.25) is 5.91 Å². The number of anilines is 2.